The first-order valence-electron chi connectivity index (χ1n) is 10.6. The van der Waals surface area contributed by atoms with Gasteiger partial charge in [-0.25, -0.2) is 4.90 Å². The zero-order valence-electron chi connectivity index (χ0n) is 16.4. The van der Waals surface area contributed by atoms with E-state index in [1.54, 1.807) is 24.3 Å². The Balaban J connectivity index is 1.24. The lowest BCUT2D eigenvalue weighted by molar-refractivity contribution is -0.124. The summed E-state index contributed by atoms with van der Waals surface area (Å²) in [7, 11) is 0. The van der Waals surface area contributed by atoms with Crippen molar-refractivity contribution >= 4 is 23.4 Å². The fourth-order valence-corrected chi connectivity index (χ4v) is 5.88. The zero-order chi connectivity index (χ0) is 20.4. The van der Waals surface area contributed by atoms with Crippen LogP contribution in [-0.2, 0) is 16.1 Å². The molecule has 7 rings (SSSR count). The number of nitrogens with one attached hydrogen (secondary N) is 1. The van der Waals surface area contributed by atoms with Gasteiger partial charge in [0.05, 0.1) is 17.5 Å². The maximum absolute atomic E-state index is 13.3. The normalized spacial score (nSPS) is 32.7. The molecule has 1 aliphatic heterocycles. The standard InChI is InChI=1S/C25H22N2O3/c28-23(26-13-14-5-2-1-3-6-14)15-7-4-8-16(11-15)27-24(29)21-17-9-10-18(20-12-19(17)20)22(21)25(27)30/h1-11,17-22H,12-13H2,(H,26,28)/t17-,18-,19-,20-,21-,22+/m0/s1. The monoisotopic (exact) mass is 398 g/mol. The molecule has 1 saturated heterocycles. The number of benzene rings is 2. The molecule has 5 aliphatic rings. The van der Waals surface area contributed by atoms with E-state index in [1.807, 2.05) is 30.3 Å². The van der Waals surface area contributed by atoms with Crippen LogP contribution in [0.1, 0.15) is 22.3 Å². The Bertz CT molecular complexity index is 1060. The minimum absolute atomic E-state index is 0.100. The molecule has 3 amide bonds. The van der Waals surface area contributed by atoms with Crippen molar-refractivity contribution in [3.8, 4) is 0 Å². The second-order valence-electron chi connectivity index (χ2n) is 8.89. The van der Waals surface area contributed by atoms with Crippen LogP contribution in [0.25, 0.3) is 0 Å². The number of rotatable bonds is 4. The number of anilines is 1. The maximum Gasteiger partial charge on any atom is 0.251 e. The Morgan fingerprint density at radius 1 is 0.900 bits per heavy atom. The van der Waals surface area contributed by atoms with Gasteiger partial charge in [0.1, 0.15) is 0 Å². The largest absolute Gasteiger partial charge is 0.348 e. The van der Waals surface area contributed by atoms with Gasteiger partial charge < -0.3 is 5.32 Å². The van der Waals surface area contributed by atoms with E-state index < -0.39 is 0 Å². The molecule has 1 N–H and O–H groups in total. The van der Waals surface area contributed by atoms with Crippen LogP contribution in [0.2, 0.25) is 0 Å². The fraction of sp³-hybridized carbons (Fsp3) is 0.320. The molecule has 0 aromatic heterocycles. The summed E-state index contributed by atoms with van der Waals surface area (Å²) < 4.78 is 0. The predicted molar refractivity (Wildman–Crippen MR) is 111 cm³/mol. The zero-order valence-corrected chi connectivity index (χ0v) is 16.4. The topological polar surface area (TPSA) is 66.5 Å². The number of hydrogen-bond acceptors (Lipinski definition) is 3. The number of hydrogen-bond donors (Lipinski definition) is 1. The third kappa shape index (κ3) is 2.51. The number of carbonyl (C=O) groups is 3. The average Bonchev–Trinajstić information content (AvgIpc) is 3.56. The molecule has 150 valence electrons. The summed E-state index contributed by atoms with van der Waals surface area (Å²) in [5.74, 6) is 0.667. The van der Waals surface area contributed by atoms with Crippen molar-refractivity contribution in [2.24, 2.45) is 35.5 Å². The summed E-state index contributed by atoms with van der Waals surface area (Å²) in [4.78, 5) is 40.5. The molecule has 5 heteroatoms. The van der Waals surface area contributed by atoms with Gasteiger partial charge in [-0.3, -0.25) is 14.4 Å². The van der Waals surface area contributed by atoms with Crippen LogP contribution in [0.4, 0.5) is 5.69 Å². The Kier molecular flexibility index (Phi) is 3.76. The first-order chi connectivity index (χ1) is 14.6. The van der Waals surface area contributed by atoms with E-state index in [9.17, 15) is 14.4 Å². The predicted octanol–water partition coefficient (Wildman–Crippen LogP) is 3.17. The van der Waals surface area contributed by atoms with Gasteiger partial charge in [0.15, 0.2) is 0 Å². The van der Waals surface area contributed by atoms with Crippen LogP contribution >= 0.6 is 0 Å². The van der Waals surface area contributed by atoms with Crippen molar-refractivity contribution < 1.29 is 14.4 Å². The number of imide groups is 1. The molecule has 1 heterocycles. The first-order valence-corrected chi connectivity index (χ1v) is 10.6. The average molecular weight is 398 g/mol. The van der Waals surface area contributed by atoms with Crippen molar-refractivity contribution in [2.45, 2.75) is 13.0 Å². The fourth-order valence-electron chi connectivity index (χ4n) is 5.88. The van der Waals surface area contributed by atoms with Gasteiger partial charge in [-0.2, -0.15) is 0 Å². The summed E-state index contributed by atoms with van der Waals surface area (Å²) in [6.07, 6.45) is 5.48. The molecule has 0 unspecified atom stereocenters. The molecule has 2 bridgehead atoms. The molecule has 30 heavy (non-hydrogen) atoms. The Hall–Kier alpha value is -3.21. The quantitative estimate of drug-likeness (QED) is 0.635. The van der Waals surface area contributed by atoms with Crippen LogP contribution < -0.4 is 10.2 Å². The van der Waals surface area contributed by atoms with Gasteiger partial charge in [-0.05, 0) is 53.9 Å². The third-order valence-corrected chi connectivity index (χ3v) is 7.33. The lowest BCUT2D eigenvalue weighted by atomic mass is 9.63. The smallest absolute Gasteiger partial charge is 0.251 e. The van der Waals surface area contributed by atoms with E-state index in [-0.39, 0.29) is 41.4 Å². The lowest BCUT2D eigenvalue weighted by Crippen LogP contribution is -2.40. The van der Waals surface area contributed by atoms with E-state index >= 15 is 0 Å². The Labute approximate surface area is 174 Å². The summed E-state index contributed by atoms with van der Waals surface area (Å²) in [5, 5.41) is 2.90. The molecule has 4 aliphatic carbocycles. The van der Waals surface area contributed by atoms with Gasteiger partial charge in [-0.15, -0.1) is 0 Å². The molecule has 6 atom stereocenters. The maximum atomic E-state index is 13.3. The van der Waals surface area contributed by atoms with Gasteiger partial charge in [0.2, 0.25) is 11.8 Å². The van der Waals surface area contributed by atoms with Gasteiger partial charge >= 0.3 is 0 Å². The second-order valence-corrected chi connectivity index (χ2v) is 8.89. The highest BCUT2D eigenvalue weighted by Crippen LogP contribution is 2.65. The highest BCUT2D eigenvalue weighted by molar-refractivity contribution is 6.23. The summed E-state index contributed by atoms with van der Waals surface area (Å²) in [6.45, 7) is 0.424. The van der Waals surface area contributed by atoms with Crippen molar-refractivity contribution in [2.75, 3.05) is 4.90 Å². The van der Waals surface area contributed by atoms with E-state index in [1.165, 1.54) is 4.90 Å². The van der Waals surface area contributed by atoms with Gasteiger partial charge in [0, 0.05) is 12.1 Å². The van der Waals surface area contributed by atoms with Crippen LogP contribution in [0, 0.1) is 35.5 Å². The van der Waals surface area contributed by atoms with Crippen molar-refractivity contribution in [3.63, 3.8) is 0 Å². The number of nitrogens with zero attached hydrogens (tertiary/aromatic N) is 1. The molecule has 2 saturated carbocycles. The van der Waals surface area contributed by atoms with Crippen LogP contribution in [-0.4, -0.2) is 17.7 Å². The lowest BCUT2D eigenvalue weighted by Gasteiger charge is -2.37. The van der Waals surface area contributed by atoms with Crippen LogP contribution in [0.3, 0.4) is 0 Å². The van der Waals surface area contributed by atoms with Crippen molar-refractivity contribution in [1.29, 1.82) is 0 Å². The van der Waals surface area contributed by atoms with E-state index in [4.69, 9.17) is 0 Å². The van der Waals surface area contributed by atoms with Crippen LogP contribution in [0.15, 0.2) is 66.7 Å². The minimum atomic E-state index is -0.230. The first kappa shape index (κ1) is 17.6. The van der Waals surface area contributed by atoms with E-state index in [0.29, 0.717) is 29.6 Å². The number of carbonyl (C=O) groups excluding carboxylic acids is 3. The Morgan fingerprint density at radius 3 is 2.23 bits per heavy atom. The van der Waals surface area contributed by atoms with Crippen LogP contribution in [0.5, 0.6) is 0 Å². The van der Waals surface area contributed by atoms with E-state index in [2.05, 4.69) is 17.5 Å². The molecule has 2 aromatic carbocycles. The molecular weight excluding hydrogens is 376 g/mol. The summed E-state index contributed by atoms with van der Waals surface area (Å²) in [6, 6.07) is 16.5. The minimum Gasteiger partial charge on any atom is -0.348 e. The molecule has 0 radical (unpaired) electrons. The summed E-state index contributed by atoms with van der Waals surface area (Å²) in [5.41, 5.74) is 1.96. The molecular formula is C25H22N2O3. The molecule has 2 aromatic rings. The Morgan fingerprint density at radius 2 is 1.57 bits per heavy atom. The highest BCUT2D eigenvalue weighted by Gasteiger charge is 2.67. The molecule has 0 spiro atoms. The van der Waals surface area contributed by atoms with Crippen molar-refractivity contribution in [1.82, 2.24) is 5.32 Å². The SMILES string of the molecule is O=C(NCc1ccccc1)c1cccc(N2C(=O)[C@@H]3[C@H]4C=C[C@@H]([C@@H]5C[C@@H]45)[C@@H]3C2=O)c1. The highest BCUT2D eigenvalue weighted by atomic mass is 16.2. The summed E-state index contributed by atoms with van der Waals surface area (Å²) >= 11 is 0. The number of amides is 3. The third-order valence-electron chi connectivity index (χ3n) is 7.33. The van der Waals surface area contributed by atoms with E-state index in [0.717, 1.165) is 12.0 Å². The molecule has 3 fully saturated rings. The van der Waals surface area contributed by atoms with Gasteiger partial charge in [0.25, 0.3) is 5.91 Å². The van der Waals surface area contributed by atoms with Crippen molar-refractivity contribution in [3.05, 3.63) is 77.9 Å². The second kappa shape index (κ2) is 6.39. The number of allylic oxidation sites excluding steroid dienone is 2. The van der Waals surface area contributed by atoms with Gasteiger partial charge in [-0.1, -0.05) is 48.6 Å². The molecule has 5 nitrogen and oxygen atoms in total.